The lowest BCUT2D eigenvalue weighted by Crippen LogP contribution is -1.93. The Kier molecular flexibility index (Phi) is 1.96. The van der Waals surface area contributed by atoms with E-state index in [1.807, 2.05) is 0 Å². The number of hydrogen-bond donors (Lipinski definition) is 0. The van der Waals surface area contributed by atoms with Gasteiger partial charge in [0, 0.05) is 0 Å². The number of allylic oxidation sites excluding steroid dienone is 1. The molecule has 1 aromatic rings. The van der Waals surface area contributed by atoms with E-state index in [2.05, 4.69) is 39.0 Å². The second-order valence-electron chi connectivity index (χ2n) is 3.78. The Hall–Kier alpha value is -0.750. The van der Waals surface area contributed by atoms with Crippen LogP contribution in [0.5, 0.6) is 0 Å². The van der Waals surface area contributed by atoms with Gasteiger partial charge in [0.15, 0.2) is 0 Å². The first kappa shape index (κ1) is 8.83. The number of aryl methyl sites for hydroxylation is 2. The maximum absolute atomic E-state index is 6.30. The van der Waals surface area contributed by atoms with Crippen LogP contribution in [0.15, 0.2) is 17.7 Å². The Morgan fingerprint density at radius 1 is 1.08 bits per heavy atom. The molecule has 13 heavy (non-hydrogen) atoms. The van der Waals surface area contributed by atoms with Crippen LogP contribution in [0.25, 0.3) is 6.08 Å². The van der Waals surface area contributed by atoms with E-state index in [1.54, 1.807) is 0 Å². The second kappa shape index (κ2) is 2.88. The number of hydrogen-bond acceptors (Lipinski definition) is 0. The number of halogens is 1. The van der Waals surface area contributed by atoms with Crippen molar-refractivity contribution in [2.75, 3.05) is 0 Å². The molecular weight excluding hydrogens is 180 g/mol. The van der Waals surface area contributed by atoms with Gasteiger partial charge >= 0.3 is 0 Å². The molecule has 0 aliphatic heterocycles. The smallest absolute Gasteiger partial charge is 0.0804 e. The predicted molar refractivity (Wildman–Crippen MR) is 58.2 cm³/mol. The summed E-state index contributed by atoms with van der Waals surface area (Å²) in [6.45, 7) is 6.35. The molecule has 1 unspecified atom stereocenters. The van der Waals surface area contributed by atoms with E-state index in [0.29, 0.717) is 0 Å². The van der Waals surface area contributed by atoms with Gasteiger partial charge in [0.2, 0.25) is 0 Å². The van der Waals surface area contributed by atoms with E-state index in [-0.39, 0.29) is 5.38 Å². The van der Waals surface area contributed by atoms with E-state index in [1.165, 1.54) is 27.8 Å². The molecule has 1 atom stereocenters. The zero-order valence-corrected chi connectivity index (χ0v) is 8.94. The highest BCUT2D eigenvalue weighted by Gasteiger charge is 2.22. The summed E-state index contributed by atoms with van der Waals surface area (Å²) in [7, 11) is 0. The van der Waals surface area contributed by atoms with Gasteiger partial charge in [-0.3, -0.25) is 0 Å². The highest BCUT2D eigenvalue weighted by atomic mass is 35.5. The van der Waals surface area contributed by atoms with E-state index in [9.17, 15) is 0 Å². The second-order valence-corrected chi connectivity index (χ2v) is 4.21. The summed E-state index contributed by atoms with van der Waals surface area (Å²) in [5.41, 5.74) is 6.52. The van der Waals surface area contributed by atoms with Crippen molar-refractivity contribution in [2.45, 2.75) is 26.1 Å². The number of alkyl halides is 1. The maximum atomic E-state index is 6.30. The zero-order valence-electron chi connectivity index (χ0n) is 8.19. The minimum absolute atomic E-state index is 0.0925. The van der Waals surface area contributed by atoms with Gasteiger partial charge in [0.25, 0.3) is 0 Å². The molecule has 0 N–H and O–H groups in total. The van der Waals surface area contributed by atoms with Crippen molar-refractivity contribution in [1.82, 2.24) is 0 Å². The maximum Gasteiger partial charge on any atom is 0.0804 e. The lowest BCUT2D eigenvalue weighted by Gasteiger charge is -2.10. The van der Waals surface area contributed by atoms with Crippen molar-refractivity contribution >= 4 is 17.7 Å². The highest BCUT2D eigenvalue weighted by molar-refractivity contribution is 6.24. The minimum Gasteiger partial charge on any atom is -0.113 e. The summed E-state index contributed by atoms with van der Waals surface area (Å²) in [5, 5.41) is 0.0925. The van der Waals surface area contributed by atoms with Crippen molar-refractivity contribution in [2.24, 2.45) is 0 Å². The van der Waals surface area contributed by atoms with E-state index in [0.717, 1.165) is 0 Å². The molecule has 0 saturated carbocycles. The predicted octanol–water partition coefficient (Wildman–Crippen LogP) is 4.00. The molecule has 0 heterocycles. The Morgan fingerprint density at radius 2 is 1.69 bits per heavy atom. The zero-order chi connectivity index (χ0) is 9.59. The SMILES string of the molecule is CC1=Cc2c(C)ccc(C)c2C1Cl. The van der Waals surface area contributed by atoms with Crippen LogP contribution in [-0.2, 0) is 0 Å². The Balaban J connectivity index is 2.70. The topological polar surface area (TPSA) is 0 Å². The van der Waals surface area contributed by atoms with Crippen LogP contribution in [0, 0.1) is 13.8 Å². The summed E-state index contributed by atoms with van der Waals surface area (Å²) in [4.78, 5) is 0. The molecule has 0 spiro atoms. The van der Waals surface area contributed by atoms with Gasteiger partial charge in [0.1, 0.15) is 0 Å². The monoisotopic (exact) mass is 192 g/mol. The fraction of sp³-hybridized carbons (Fsp3) is 0.333. The average molecular weight is 193 g/mol. The molecule has 0 amide bonds. The van der Waals surface area contributed by atoms with Crippen molar-refractivity contribution in [3.05, 3.63) is 40.0 Å². The van der Waals surface area contributed by atoms with Gasteiger partial charge in [-0.1, -0.05) is 23.8 Å². The third-order valence-corrected chi connectivity index (χ3v) is 3.31. The molecule has 1 aliphatic rings. The summed E-state index contributed by atoms with van der Waals surface area (Å²) >= 11 is 6.30. The van der Waals surface area contributed by atoms with Crippen molar-refractivity contribution in [3.8, 4) is 0 Å². The summed E-state index contributed by atoms with van der Waals surface area (Å²) in [5.74, 6) is 0. The van der Waals surface area contributed by atoms with Crippen LogP contribution in [0.4, 0.5) is 0 Å². The summed E-state index contributed by atoms with van der Waals surface area (Å²) < 4.78 is 0. The fourth-order valence-electron chi connectivity index (χ4n) is 1.91. The molecule has 0 radical (unpaired) electrons. The van der Waals surface area contributed by atoms with Crippen LogP contribution in [-0.4, -0.2) is 0 Å². The van der Waals surface area contributed by atoms with Gasteiger partial charge in [-0.15, -0.1) is 11.6 Å². The third kappa shape index (κ3) is 1.21. The molecule has 0 aromatic heterocycles. The average Bonchev–Trinajstić information content (AvgIpc) is 2.38. The van der Waals surface area contributed by atoms with Gasteiger partial charge in [-0.05, 0) is 43.0 Å². The van der Waals surface area contributed by atoms with E-state index in [4.69, 9.17) is 11.6 Å². The van der Waals surface area contributed by atoms with Gasteiger partial charge in [-0.2, -0.15) is 0 Å². The van der Waals surface area contributed by atoms with Crippen LogP contribution in [0.3, 0.4) is 0 Å². The molecule has 2 rings (SSSR count). The quantitative estimate of drug-likeness (QED) is 0.545. The van der Waals surface area contributed by atoms with Crippen LogP contribution in [0.1, 0.15) is 34.6 Å². The lowest BCUT2D eigenvalue weighted by molar-refractivity contribution is 1.11. The van der Waals surface area contributed by atoms with Crippen LogP contribution >= 0.6 is 11.6 Å². The van der Waals surface area contributed by atoms with Crippen molar-refractivity contribution in [3.63, 3.8) is 0 Å². The summed E-state index contributed by atoms with van der Waals surface area (Å²) in [6, 6.07) is 4.31. The van der Waals surface area contributed by atoms with Gasteiger partial charge in [0.05, 0.1) is 5.38 Å². The Labute approximate surface area is 84.2 Å². The van der Waals surface area contributed by atoms with Gasteiger partial charge < -0.3 is 0 Å². The first-order chi connectivity index (χ1) is 6.11. The molecule has 0 fully saturated rings. The van der Waals surface area contributed by atoms with E-state index >= 15 is 0 Å². The van der Waals surface area contributed by atoms with Gasteiger partial charge in [-0.25, -0.2) is 0 Å². The molecule has 1 heteroatoms. The Morgan fingerprint density at radius 3 is 2.31 bits per heavy atom. The first-order valence-corrected chi connectivity index (χ1v) is 4.97. The van der Waals surface area contributed by atoms with Crippen LogP contribution < -0.4 is 0 Å². The standard InChI is InChI=1S/C12H13Cl/c1-7-4-5-8(2)11-10(7)6-9(3)12(11)13/h4-6,12H,1-3H3. The van der Waals surface area contributed by atoms with E-state index < -0.39 is 0 Å². The molecule has 68 valence electrons. The fourth-order valence-corrected chi connectivity index (χ4v) is 2.26. The normalized spacial score (nSPS) is 20.0. The molecule has 1 aromatic carbocycles. The third-order valence-electron chi connectivity index (χ3n) is 2.75. The number of benzene rings is 1. The highest BCUT2D eigenvalue weighted by Crippen LogP contribution is 2.41. The molecule has 0 nitrogen and oxygen atoms in total. The number of fused-ring (bicyclic) bond motifs is 1. The Bertz CT molecular complexity index is 388. The summed E-state index contributed by atoms with van der Waals surface area (Å²) in [6.07, 6.45) is 2.20. The molecule has 0 saturated heterocycles. The molecule has 1 aliphatic carbocycles. The minimum atomic E-state index is 0.0925. The molecular formula is C12H13Cl. The van der Waals surface area contributed by atoms with Crippen molar-refractivity contribution in [1.29, 1.82) is 0 Å². The number of rotatable bonds is 0. The lowest BCUT2D eigenvalue weighted by atomic mass is 9.99. The van der Waals surface area contributed by atoms with Crippen LogP contribution in [0.2, 0.25) is 0 Å². The largest absolute Gasteiger partial charge is 0.113 e. The van der Waals surface area contributed by atoms with Crippen molar-refractivity contribution < 1.29 is 0 Å². The molecule has 0 bridgehead atoms. The first-order valence-electron chi connectivity index (χ1n) is 4.53.